The molecular formula is C8H19NO2S. The fourth-order valence-corrected chi connectivity index (χ4v) is 2.91. The van der Waals surface area contributed by atoms with Crippen LogP contribution in [0.3, 0.4) is 0 Å². The molecule has 4 heteroatoms. The minimum atomic E-state index is -2.82. The Morgan fingerprint density at radius 3 is 2.25 bits per heavy atom. The summed E-state index contributed by atoms with van der Waals surface area (Å²) in [5.74, 6) is 0.582. The van der Waals surface area contributed by atoms with Gasteiger partial charge in [0.1, 0.15) is 0 Å². The summed E-state index contributed by atoms with van der Waals surface area (Å²) in [6, 6.07) is 0.113. The zero-order valence-electron chi connectivity index (χ0n) is 8.13. The van der Waals surface area contributed by atoms with Crippen LogP contribution < -0.4 is 5.32 Å². The first-order valence-corrected chi connectivity index (χ1v) is 6.25. The number of hydrogen-bond acceptors (Lipinski definition) is 3. The largest absolute Gasteiger partial charge is 0.316 e. The highest BCUT2D eigenvalue weighted by molar-refractivity contribution is 7.91. The third-order valence-corrected chi connectivity index (χ3v) is 3.81. The van der Waals surface area contributed by atoms with Crippen molar-refractivity contribution in [2.24, 2.45) is 0 Å². The molecule has 0 heterocycles. The van der Waals surface area contributed by atoms with Crippen LogP contribution in [0.2, 0.25) is 0 Å². The number of rotatable bonds is 6. The Labute approximate surface area is 75.5 Å². The summed E-state index contributed by atoms with van der Waals surface area (Å²) < 4.78 is 22.6. The minimum Gasteiger partial charge on any atom is -0.316 e. The van der Waals surface area contributed by atoms with E-state index >= 15 is 0 Å². The van der Waals surface area contributed by atoms with Crippen LogP contribution in [-0.2, 0) is 9.84 Å². The normalized spacial score (nSPS) is 14.6. The second-order valence-electron chi connectivity index (χ2n) is 3.01. The Morgan fingerprint density at radius 2 is 1.92 bits per heavy atom. The van der Waals surface area contributed by atoms with Gasteiger partial charge in [0.2, 0.25) is 0 Å². The van der Waals surface area contributed by atoms with E-state index in [9.17, 15) is 8.42 Å². The molecule has 0 saturated carbocycles. The molecule has 0 aromatic carbocycles. The van der Waals surface area contributed by atoms with Crippen LogP contribution in [0.5, 0.6) is 0 Å². The van der Waals surface area contributed by atoms with Gasteiger partial charge in [-0.25, -0.2) is 8.42 Å². The van der Waals surface area contributed by atoms with Crippen LogP contribution in [0.1, 0.15) is 26.7 Å². The van der Waals surface area contributed by atoms with Crippen molar-refractivity contribution in [1.82, 2.24) is 5.32 Å². The number of sulfone groups is 1. The van der Waals surface area contributed by atoms with E-state index in [0.717, 1.165) is 6.42 Å². The average Bonchev–Trinajstić information content (AvgIpc) is 2.00. The van der Waals surface area contributed by atoms with Crippen molar-refractivity contribution in [1.29, 1.82) is 0 Å². The Bertz CT molecular complexity index is 195. The molecule has 0 rings (SSSR count). The summed E-state index contributed by atoms with van der Waals surface area (Å²) in [5.41, 5.74) is 0. The van der Waals surface area contributed by atoms with E-state index in [1.54, 1.807) is 7.05 Å². The molecule has 0 bridgehead atoms. The second kappa shape index (κ2) is 5.54. The lowest BCUT2D eigenvalue weighted by Gasteiger charge is -2.13. The van der Waals surface area contributed by atoms with E-state index in [0.29, 0.717) is 12.2 Å². The van der Waals surface area contributed by atoms with Gasteiger partial charge in [0.15, 0.2) is 9.84 Å². The first kappa shape index (κ1) is 11.9. The lowest BCUT2D eigenvalue weighted by atomic mass is 10.3. The molecule has 1 N–H and O–H groups in total. The van der Waals surface area contributed by atoms with Gasteiger partial charge in [0.25, 0.3) is 0 Å². The molecule has 0 aliphatic carbocycles. The fraction of sp³-hybridized carbons (Fsp3) is 1.00. The second-order valence-corrected chi connectivity index (χ2v) is 5.24. The van der Waals surface area contributed by atoms with Gasteiger partial charge in [-0.3, -0.25) is 0 Å². The SMILES string of the molecule is CCCS(=O)(=O)CC(CC)NC. The van der Waals surface area contributed by atoms with Gasteiger partial charge in [0, 0.05) is 11.8 Å². The molecule has 0 fully saturated rings. The molecule has 0 aromatic rings. The molecule has 1 unspecified atom stereocenters. The zero-order chi connectivity index (χ0) is 9.61. The maximum atomic E-state index is 11.3. The van der Waals surface area contributed by atoms with Crippen LogP contribution >= 0.6 is 0 Å². The van der Waals surface area contributed by atoms with Crippen LogP contribution in [0, 0.1) is 0 Å². The van der Waals surface area contributed by atoms with Crippen molar-refractivity contribution in [2.75, 3.05) is 18.6 Å². The number of nitrogens with one attached hydrogen (secondary N) is 1. The summed E-state index contributed by atoms with van der Waals surface area (Å²) in [6.07, 6.45) is 1.57. The van der Waals surface area contributed by atoms with Crippen molar-refractivity contribution < 1.29 is 8.42 Å². The minimum absolute atomic E-state index is 0.113. The highest BCUT2D eigenvalue weighted by Gasteiger charge is 2.14. The lowest BCUT2D eigenvalue weighted by Crippen LogP contribution is -2.33. The number of hydrogen-bond donors (Lipinski definition) is 1. The smallest absolute Gasteiger partial charge is 0.151 e. The topological polar surface area (TPSA) is 46.2 Å². The van der Waals surface area contributed by atoms with Gasteiger partial charge in [-0.1, -0.05) is 13.8 Å². The predicted octanol–water partition coefficient (Wildman–Crippen LogP) is 0.809. The molecule has 0 spiro atoms. The lowest BCUT2D eigenvalue weighted by molar-refractivity contribution is 0.555. The van der Waals surface area contributed by atoms with Crippen LogP contribution in [0.15, 0.2) is 0 Å². The maximum absolute atomic E-state index is 11.3. The van der Waals surface area contributed by atoms with Crippen molar-refractivity contribution >= 4 is 9.84 Å². The van der Waals surface area contributed by atoms with Crippen molar-refractivity contribution in [3.8, 4) is 0 Å². The monoisotopic (exact) mass is 193 g/mol. The summed E-state index contributed by atoms with van der Waals surface area (Å²) in [5, 5.41) is 2.99. The van der Waals surface area contributed by atoms with Crippen LogP contribution in [0.4, 0.5) is 0 Å². The molecule has 0 aromatic heterocycles. The van der Waals surface area contributed by atoms with Crippen molar-refractivity contribution in [3.63, 3.8) is 0 Å². The molecule has 0 radical (unpaired) electrons. The first-order chi connectivity index (χ1) is 5.55. The van der Waals surface area contributed by atoms with Gasteiger partial charge in [-0.05, 0) is 19.9 Å². The molecule has 0 aliphatic rings. The zero-order valence-corrected chi connectivity index (χ0v) is 8.95. The molecule has 74 valence electrons. The van der Waals surface area contributed by atoms with Crippen molar-refractivity contribution in [2.45, 2.75) is 32.7 Å². The van der Waals surface area contributed by atoms with Crippen LogP contribution in [0.25, 0.3) is 0 Å². The maximum Gasteiger partial charge on any atom is 0.151 e. The fourth-order valence-electron chi connectivity index (χ4n) is 1.11. The van der Waals surface area contributed by atoms with E-state index in [1.807, 2.05) is 13.8 Å². The Balaban J connectivity index is 4.03. The Hall–Kier alpha value is -0.0900. The summed E-state index contributed by atoms with van der Waals surface area (Å²) in [6.45, 7) is 3.88. The molecule has 0 amide bonds. The van der Waals surface area contributed by atoms with E-state index in [4.69, 9.17) is 0 Å². The van der Waals surface area contributed by atoms with E-state index in [2.05, 4.69) is 5.32 Å². The van der Waals surface area contributed by atoms with E-state index < -0.39 is 9.84 Å². The van der Waals surface area contributed by atoms with Gasteiger partial charge >= 0.3 is 0 Å². The van der Waals surface area contributed by atoms with Gasteiger partial charge in [-0.15, -0.1) is 0 Å². The highest BCUT2D eigenvalue weighted by Crippen LogP contribution is 1.99. The summed E-state index contributed by atoms with van der Waals surface area (Å²) in [7, 11) is -1.02. The van der Waals surface area contributed by atoms with Gasteiger partial charge < -0.3 is 5.32 Å². The molecular weight excluding hydrogens is 174 g/mol. The first-order valence-electron chi connectivity index (χ1n) is 4.43. The van der Waals surface area contributed by atoms with E-state index in [-0.39, 0.29) is 11.8 Å². The molecule has 3 nitrogen and oxygen atoms in total. The van der Waals surface area contributed by atoms with Gasteiger partial charge in [0.05, 0.1) is 5.75 Å². The van der Waals surface area contributed by atoms with E-state index in [1.165, 1.54) is 0 Å². The predicted molar refractivity (Wildman–Crippen MR) is 52.1 cm³/mol. The molecule has 12 heavy (non-hydrogen) atoms. The van der Waals surface area contributed by atoms with Gasteiger partial charge in [-0.2, -0.15) is 0 Å². The third-order valence-electron chi connectivity index (χ3n) is 1.87. The third kappa shape index (κ3) is 4.72. The Morgan fingerprint density at radius 1 is 1.33 bits per heavy atom. The molecule has 1 atom stereocenters. The Kier molecular flexibility index (Phi) is 5.50. The highest BCUT2D eigenvalue weighted by atomic mass is 32.2. The average molecular weight is 193 g/mol. The molecule has 0 aliphatic heterocycles. The summed E-state index contributed by atoms with van der Waals surface area (Å²) >= 11 is 0. The molecule has 0 saturated heterocycles. The standard InChI is InChI=1S/C8H19NO2S/c1-4-6-12(10,11)7-8(5-2)9-3/h8-9H,4-7H2,1-3H3. The summed E-state index contributed by atoms with van der Waals surface area (Å²) in [4.78, 5) is 0. The van der Waals surface area contributed by atoms with Crippen molar-refractivity contribution in [3.05, 3.63) is 0 Å². The van der Waals surface area contributed by atoms with Crippen LogP contribution in [-0.4, -0.2) is 33.0 Å². The quantitative estimate of drug-likeness (QED) is 0.679.